The number of carboxylic acid groups (broad SMARTS) is 1. The lowest BCUT2D eigenvalue weighted by Crippen LogP contribution is -2.52. The van der Waals surface area contributed by atoms with Gasteiger partial charge in [-0.1, -0.05) is 76.2 Å². The predicted octanol–water partition coefficient (Wildman–Crippen LogP) is 4.95. The van der Waals surface area contributed by atoms with Crippen LogP contribution in [0.3, 0.4) is 0 Å². The molecule has 2 aromatic rings. The average Bonchev–Trinajstić information content (AvgIpc) is 3.13. The number of benzene rings is 2. The van der Waals surface area contributed by atoms with E-state index in [1.54, 1.807) is 0 Å². The quantitative estimate of drug-likeness (QED) is 0.422. The lowest BCUT2D eigenvalue weighted by Gasteiger charge is -2.23. The van der Waals surface area contributed by atoms with Gasteiger partial charge in [0, 0.05) is 5.92 Å². The van der Waals surface area contributed by atoms with Crippen molar-refractivity contribution in [2.75, 3.05) is 6.61 Å². The van der Waals surface area contributed by atoms with Crippen molar-refractivity contribution in [3.63, 3.8) is 0 Å². The fraction of sp³-hybridized carbons (Fsp3) is 0.464. The molecule has 2 aromatic carbocycles. The maximum atomic E-state index is 12.9. The summed E-state index contributed by atoms with van der Waals surface area (Å²) in [6.07, 6.45) is 0.709. The molecule has 3 rings (SSSR count). The highest BCUT2D eigenvalue weighted by atomic mass is 16.5. The number of fused-ring (bicyclic) bond motifs is 3. The van der Waals surface area contributed by atoms with Crippen molar-refractivity contribution in [2.45, 2.75) is 65.0 Å². The Bertz CT molecular complexity index is 1000. The summed E-state index contributed by atoms with van der Waals surface area (Å²) in [5, 5.41) is 14.8. The van der Waals surface area contributed by atoms with E-state index in [1.807, 2.05) is 64.1 Å². The number of amides is 2. The summed E-state index contributed by atoms with van der Waals surface area (Å²) in [7, 11) is 0. The Morgan fingerprint density at radius 2 is 1.40 bits per heavy atom. The van der Waals surface area contributed by atoms with Crippen molar-refractivity contribution in [2.24, 2.45) is 11.8 Å². The van der Waals surface area contributed by atoms with Crippen LogP contribution in [0, 0.1) is 11.8 Å². The summed E-state index contributed by atoms with van der Waals surface area (Å²) in [4.78, 5) is 37.3. The van der Waals surface area contributed by atoms with E-state index in [0.717, 1.165) is 22.3 Å². The SMILES string of the molecule is CC(C)CCC(NC(=O)OCC1c2ccccc2-c2ccccc21)C(=O)N[C@H](CC(C)C)C(=O)O. The van der Waals surface area contributed by atoms with Gasteiger partial charge in [-0.3, -0.25) is 4.79 Å². The first-order chi connectivity index (χ1) is 16.7. The third-order valence-electron chi connectivity index (χ3n) is 6.31. The molecule has 2 atom stereocenters. The summed E-state index contributed by atoms with van der Waals surface area (Å²) in [6.45, 7) is 7.99. The Hall–Kier alpha value is -3.35. The Morgan fingerprint density at radius 1 is 0.829 bits per heavy atom. The Balaban J connectivity index is 1.67. The highest BCUT2D eigenvalue weighted by Crippen LogP contribution is 2.44. The zero-order chi connectivity index (χ0) is 25.5. The molecular weight excluding hydrogens is 444 g/mol. The van der Waals surface area contributed by atoms with Gasteiger partial charge in [0.1, 0.15) is 18.7 Å². The van der Waals surface area contributed by atoms with E-state index in [0.29, 0.717) is 25.2 Å². The average molecular weight is 481 g/mol. The van der Waals surface area contributed by atoms with Gasteiger partial charge in [0.15, 0.2) is 0 Å². The number of ether oxygens (including phenoxy) is 1. The van der Waals surface area contributed by atoms with Crippen molar-refractivity contribution in [3.8, 4) is 11.1 Å². The smallest absolute Gasteiger partial charge is 0.407 e. The zero-order valence-electron chi connectivity index (χ0n) is 20.9. The minimum atomic E-state index is -1.09. The monoisotopic (exact) mass is 480 g/mol. The highest BCUT2D eigenvalue weighted by molar-refractivity contribution is 5.89. The van der Waals surface area contributed by atoms with Crippen LogP contribution in [0.2, 0.25) is 0 Å². The van der Waals surface area contributed by atoms with E-state index in [1.165, 1.54) is 0 Å². The number of rotatable bonds is 11. The van der Waals surface area contributed by atoms with E-state index < -0.39 is 30.1 Å². The number of alkyl carbamates (subject to hydrolysis) is 1. The van der Waals surface area contributed by atoms with Crippen LogP contribution >= 0.6 is 0 Å². The first-order valence-corrected chi connectivity index (χ1v) is 12.3. The van der Waals surface area contributed by atoms with E-state index in [-0.39, 0.29) is 18.4 Å². The number of hydrogen-bond acceptors (Lipinski definition) is 4. The second-order valence-electron chi connectivity index (χ2n) is 10.0. The number of aliphatic carboxylic acids is 1. The first kappa shape index (κ1) is 26.3. The van der Waals surface area contributed by atoms with Crippen LogP contribution in [0.25, 0.3) is 11.1 Å². The largest absolute Gasteiger partial charge is 0.480 e. The molecule has 7 heteroatoms. The van der Waals surface area contributed by atoms with Gasteiger partial charge in [-0.05, 0) is 53.4 Å². The standard InChI is InChI=1S/C28H36N2O5/c1-17(2)13-14-24(26(31)29-25(27(32)33)15-18(3)4)30-28(34)35-16-23-21-11-7-5-9-19(21)20-10-6-8-12-22(20)23/h5-12,17-18,23-25H,13-16H2,1-4H3,(H,29,31)(H,30,34)(H,32,33)/t24?,25-/m1/s1. The molecule has 0 spiro atoms. The molecule has 0 fully saturated rings. The van der Waals surface area contributed by atoms with Crippen LogP contribution in [-0.4, -0.2) is 41.8 Å². The molecule has 0 bridgehead atoms. The molecule has 0 saturated carbocycles. The molecular formula is C28H36N2O5. The topological polar surface area (TPSA) is 105 Å². The van der Waals surface area contributed by atoms with Crippen molar-refractivity contribution in [3.05, 3.63) is 59.7 Å². The van der Waals surface area contributed by atoms with Crippen LogP contribution in [0.1, 0.15) is 64.0 Å². The van der Waals surface area contributed by atoms with Gasteiger partial charge >= 0.3 is 12.1 Å². The van der Waals surface area contributed by atoms with Crippen LogP contribution in [-0.2, 0) is 14.3 Å². The molecule has 188 valence electrons. The Morgan fingerprint density at radius 3 is 1.91 bits per heavy atom. The molecule has 7 nitrogen and oxygen atoms in total. The van der Waals surface area contributed by atoms with Crippen LogP contribution in [0.4, 0.5) is 4.79 Å². The number of carboxylic acids is 1. The van der Waals surface area contributed by atoms with Gasteiger partial charge in [-0.25, -0.2) is 9.59 Å². The van der Waals surface area contributed by atoms with Gasteiger partial charge < -0.3 is 20.5 Å². The number of nitrogens with one attached hydrogen (secondary N) is 2. The molecule has 3 N–H and O–H groups in total. The molecule has 0 saturated heterocycles. The van der Waals surface area contributed by atoms with Crippen LogP contribution in [0.15, 0.2) is 48.5 Å². The molecule has 0 aromatic heterocycles. The lowest BCUT2D eigenvalue weighted by atomic mass is 9.98. The van der Waals surface area contributed by atoms with Gasteiger partial charge in [0.05, 0.1) is 0 Å². The zero-order valence-corrected chi connectivity index (χ0v) is 20.9. The molecule has 0 aliphatic heterocycles. The molecule has 0 heterocycles. The first-order valence-electron chi connectivity index (χ1n) is 12.3. The third-order valence-corrected chi connectivity index (χ3v) is 6.31. The lowest BCUT2D eigenvalue weighted by molar-refractivity contribution is -0.142. The Kier molecular flexibility index (Phi) is 8.90. The van der Waals surface area contributed by atoms with E-state index >= 15 is 0 Å². The molecule has 1 aliphatic carbocycles. The third kappa shape index (κ3) is 6.84. The van der Waals surface area contributed by atoms with E-state index in [4.69, 9.17) is 4.74 Å². The van der Waals surface area contributed by atoms with Gasteiger partial charge in [-0.2, -0.15) is 0 Å². The van der Waals surface area contributed by atoms with Gasteiger partial charge in [-0.15, -0.1) is 0 Å². The van der Waals surface area contributed by atoms with Gasteiger partial charge in [0.25, 0.3) is 0 Å². The summed E-state index contributed by atoms with van der Waals surface area (Å²) >= 11 is 0. The van der Waals surface area contributed by atoms with E-state index in [9.17, 15) is 19.5 Å². The maximum Gasteiger partial charge on any atom is 0.407 e. The molecule has 1 aliphatic rings. The molecule has 35 heavy (non-hydrogen) atoms. The molecule has 2 amide bonds. The van der Waals surface area contributed by atoms with Crippen molar-refractivity contribution >= 4 is 18.0 Å². The van der Waals surface area contributed by atoms with Crippen molar-refractivity contribution < 1.29 is 24.2 Å². The molecule has 1 unspecified atom stereocenters. The number of carbonyl (C=O) groups is 3. The number of carbonyl (C=O) groups excluding carboxylic acids is 2. The summed E-state index contributed by atoms with van der Waals surface area (Å²) < 4.78 is 5.60. The summed E-state index contributed by atoms with van der Waals surface area (Å²) in [6, 6.07) is 14.3. The Labute approximate surface area is 207 Å². The fourth-order valence-corrected chi connectivity index (χ4v) is 4.52. The predicted molar refractivity (Wildman–Crippen MR) is 135 cm³/mol. The minimum Gasteiger partial charge on any atom is -0.480 e. The van der Waals surface area contributed by atoms with Gasteiger partial charge in [0.2, 0.25) is 5.91 Å². The maximum absolute atomic E-state index is 12.9. The molecule has 0 radical (unpaired) electrons. The van der Waals surface area contributed by atoms with E-state index in [2.05, 4.69) is 22.8 Å². The van der Waals surface area contributed by atoms with Crippen molar-refractivity contribution in [1.29, 1.82) is 0 Å². The fourth-order valence-electron chi connectivity index (χ4n) is 4.52. The van der Waals surface area contributed by atoms with Crippen molar-refractivity contribution in [1.82, 2.24) is 10.6 Å². The number of hydrogen-bond donors (Lipinski definition) is 3. The second-order valence-corrected chi connectivity index (χ2v) is 10.0. The minimum absolute atomic E-state index is 0.0847. The normalized spacial score (nSPS) is 14.2. The summed E-state index contributed by atoms with van der Waals surface area (Å²) in [5.41, 5.74) is 4.48. The van der Waals surface area contributed by atoms with Crippen LogP contribution in [0.5, 0.6) is 0 Å². The summed E-state index contributed by atoms with van der Waals surface area (Å²) in [5.74, 6) is -1.26. The second kappa shape index (κ2) is 11.9. The van der Waals surface area contributed by atoms with Crippen LogP contribution < -0.4 is 10.6 Å². The highest BCUT2D eigenvalue weighted by Gasteiger charge is 2.31.